The average Bonchev–Trinajstić information content (AvgIpc) is 2.01. The first-order valence-electron chi connectivity index (χ1n) is 4.69. The lowest BCUT2D eigenvalue weighted by Gasteiger charge is -2.06. The van der Waals surface area contributed by atoms with Gasteiger partial charge >= 0.3 is 0 Å². The van der Waals surface area contributed by atoms with Gasteiger partial charge in [-0.3, -0.25) is 4.79 Å². The Morgan fingerprint density at radius 1 is 1.54 bits per heavy atom. The van der Waals surface area contributed by atoms with Crippen LogP contribution < -0.4 is 11.1 Å². The van der Waals surface area contributed by atoms with E-state index in [1.54, 1.807) is 0 Å². The lowest BCUT2D eigenvalue weighted by atomic mass is 10.2. The van der Waals surface area contributed by atoms with Gasteiger partial charge in [-0.2, -0.15) is 0 Å². The highest BCUT2D eigenvalue weighted by atomic mass is 16.5. The highest BCUT2D eigenvalue weighted by molar-refractivity contribution is 5.75. The van der Waals surface area contributed by atoms with Crippen molar-refractivity contribution in [3.05, 3.63) is 0 Å². The smallest absolute Gasteiger partial charge is 0.231 e. The fourth-order valence-corrected chi connectivity index (χ4v) is 0.830. The van der Waals surface area contributed by atoms with Crippen molar-refractivity contribution < 1.29 is 9.53 Å². The molecule has 0 unspecified atom stereocenters. The number of nitrogens with one attached hydrogen (secondary N) is 1. The zero-order valence-electron chi connectivity index (χ0n) is 8.51. The number of hydrogen-bond donors (Lipinski definition) is 2. The lowest BCUT2D eigenvalue weighted by Crippen LogP contribution is -2.29. The van der Waals surface area contributed by atoms with E-state index in [1.165, 1.54) is 0 Å². The highest BCUT2D eigenvalue weighted by Gasteiger charge is 1.94. The molecule has 0 rings (SSSR count). The Morgan fingerprint density at radius 3 is 2.77 bits per heavy atom. The van der Waals surface area contributed by atoms with Crippen molar-refractivity contribution in [2.45, 2.75) is 20.3 Å². The van der Waals surface area contributed by atoms with Crippen LogP contribution in [-0.4, -0.2) is 32.2 Å². The highest BCUT2D eigenvalue weighted by Crippen LogP contribution is 1.92. The summed E-state index contributed by atoms with van der Waals surface area (Å²) in [4.78, 5) is 10.3. The zero-order valence-corrected chi connectivity index (χ0v) is 8.51. The summed E-state index contributed by atoms with van der Waals surface area (Å²) in [6.07, 6.45) is 0.917. The third-order valence-electron chi connectivity index (χ3n) is 1.39. The van der Waals surface area contributed by atoms with Gasteiger partial charge in [0.05, 0.1) is 6.54 Å². The zero-order chi connectivity index (χ0) is 10.1. The fraction of sp³-hybridized carbons (Fsp3) is 0.889. The number of ether oxygens (including phenoxy) is 1. The van der Waals surface area contributed by atoms with E-state index in [4.69, 9.17) is 10.5 Å². The molecular formula is C9H20N2O2. The fourth-order valence-electron chi connectivity index (χ4n) is 0.830. The Bertz CT molecular complexity index is 138. The first-order valence-corrected chi connectivity index (χ1v) is 4.69. The molecule has 0 aliphatic heterocycles. The second-order valence-electron chi connectivity index (χ2n) is 3.47. The van der Waals surface area contributed by atoms with E-state index in [2.05, 4.69) is 19.2 Å². The van der Waals surface area contributed by atoms with Crippen molar-refractivity contribution in [3.63, 3.8) is 0 Å². The van der Waals surface area contributed by atoms with Crippen LogP contribution in [0.2, 0.25) is 0 Å². The van der Waals surface area contributed by atoms with E-state index < -0.39 is 0 Å². The quantitative estimate of drug-likeness (QED) is 0.532. The van der Waals surface area contributed by atoms with Gasteiger partial charge < -0.3 is 15.8 Å². The van der Waals surface area contributed by atoms with Gasteiger partial charge in [0.2, 0.25) is 5.91 Å². The summed E-state index contributed by atoms with van der Waals surface area (Å²) >= 11 is 0. The van der Waals surface area contributed by atoms with Crippen LogP contribution in [0.4, 0.5) is 0 Å². The van der Waals surface area contributed by atoms with E-state index in [1.807, 2.05) is 0 Å². The summed E-state index contributed by atoms with van der Waals surface area (Å²) in [6, 6.07) is 0. The van der Waals surface area contributed by atoms with Crippen molar-refractivity contribution in [2.75, 3.05) is 26.3 Å². The van der Waals surface area contributed by atoms with Gasteiger partial charge in [-0.05, 0) is 18.9 Å². The molecule has 4 nitrogen and oxygen atoms in total. The summed E-state index contributed by atoms with van der Waals surface area (Å²) in [5, 5.41) is 2.92. The summed E-state index contributed by atoms with van der Waals surface area (Å²) in [5.41, 5.74) is 4.94. The Morgan fingerprint density at radius 2 is 2.23 bits per heavy atom. The van der Waals surface area contributed by atoms with E-state index in [9.17, 15) is 4.79 Å². The maximum Gasteiger partial charge on any atom is 0.231 e. The standard InChI is InChI=1S/C9H20N2O2/c1-8(2)7-13-5-3-4-11-6-9(10)12/h8,11H,3-7H2,1-2H3,(H2,10,12). The van der Waals surface area contributed by atoms with Crippen molar-refractivity contribution >= 4 is 5.91 Å². The number of primary amides is 1. The second kappa shape index (κ2) is 8.01. The third kappa shape index (κ3) is 11.4. The average molecular weight is 188 g/mol. The first-order chi connectivity index (χ1) is 6.13. The summed E-state index contributed by atoms with van der Waals surface area (Å²) in [7, 11) is 0. The molecule has 0 aromatic rings. The molecule has 1 amide bonds. The van der Waals surface area contributed by atoms with Gasteiger partial charge in [0, 0.05) is 13.2 Å². The maximum absolute atomic E-state index is 10.3. The summed E-state index contributed by atoms with van der Waals surface area (Å²) in [6.45, 7) is 6.81. The van der Waals surface area contributed by atoms with Crippen LogP contribution in [0.3, 0.4) is 0 Å². The third-order valence-corrected chi connectivity index (χ3v) is 1.39. The summed E-state index contributed by atoms with van der Waals surface area (Å²) < 4.78 is 5.35. The van der Waals surface area contributed by atoms with Gasteiger partial charge in [0.25, 0.3) is 0 Å². The monoisotopic (exact) mass is 188 g/mol. The second-order valence-corrected chi connectivity index (χ2v) is 3.47. The van der Waals surface area contributed by atoms with Crippen molar-refractivity contribution in [2.24, 2.45) is 11.7 Å². The van der Waals surface area contributed by atoms with Crippen LogP contribution in [0, 0.1) is 5.92 Å². The molecule has 0 aliphatic carbocycles. The predicted octanol–water partition coefficient (Wildman–Crippen LogP) is 0.124. The molecule has 13 heavy (non-hydrogen) atoms. The molecule has 4 heteroatoms. The van der Waals surface area contributed by atoms with E-state index >= 15 is 0 Å². The van der Waals surface area contributed by atoms with Crippen LogP contribution in [0.1, 0.15) is 20.3 Å². The molecule has 0 bridgehead atoms. The molecule has 0 spiro atoms. The topological polar surface area (TPSA) is 64.3 Å². The molecule has 0 radical (unpaired) electrons. The number of carbonyl (C=O) groups is 1. The minimum atomic E-state index is -0.317. The maximum atomic E-state index is 10.3. The van der Waals surface area contributed by atoms with Gasteiger partial charge in [0.1, 0.15) is 0 Å². The molecule has 0 fully saturated rings. The minimum Gasteiger partial charge on any atom is -0.381 e. The van der Waals surface area contributed by atoms with Crippen molar-refractivity contribution in [1.29, 1.82) is 0 Å². The normalized spacial score (nSPS) is 10.7. The van der Waals surface area contributed by atoms with Gasteiger partial charge in [-0.1, -0.05) is 13.8 Å². The number of hydrogen-bond acceptors (Lipinski definition) is 3. The molecule has 0 aromatic heterocycles. The van der Waals surface area contributed by atoms with E-state index in [-0.39, 0.29) is 12.5 Å². The van der Waals surface area contributed by atoms with Crippen LogP contribution in [0.25, 0.3) is 0 Å². The van der Waals surface area contributed by atoms with Crippen LogP contribution in [0.15, 0.2) is 0 Å². The summed E-state index contributed by atoms with van der Waals surface area (Å²) in [5.74, 6) is 0.265. The molecule has 3 N–H and O–H groups in total. The largest absolute Gasteiger partial charge is 0.381 e. The molecule has 78 valence electrons. The van der Waals surface area contributed by atoms with Crippen molar-refractivity contribution in [3.8, 4) is 0 Å². The number of nitrogens with two attached hydrogens (primary N) is 1. The molecular weight excluding hydrogens is 168 g/mol. The Labute approximate surface area is 79.8 Å². The van der Waals surface area contributed by atoms with Crippen LogP contribution in [0.5, 0.6) is 0 Å². The minimum absolute atomic E-state index is 0.254. The van der Waals surface area contributed by atoms with E-state index in [0.29, 0.717) is 5.92 Å². The van der Waals surface area contributed by atoms with Gasteiger partial charge in [0.15, 0.2) is 0 Å². The van der Waals surface area contributed by atoms with Crippen LogP contribution >= 0.6 is 0 Å². The number of carbonyl (C=O) groups excluding carboxylic acids is 1. The Hall–Kier alpha value is -0.610. The van der Waals surface area contributed by atoms with Gasteiger partial charge in [-0.25, -0.2) is 0 Å². The molecule has 0 aliphatic rings. The Kier molecular flexibility index (Phi) is 7.63. The lowest BCUT2D eigenvalue weighted by molar-refractivity contribution is -0.117. The molecule has 0 saturated carbocycles. The van der Waals surface area contributed by atoms with Crippen LogP contribution in [-0.2, 0) is 9.53 Å². The van der Waals surface area contributed by atoms with Gasteiger partial charge in [-0.15, -0.1) is 0 Å². The first kappa shape index (κ1) is 12.4. The molecule has 0 saturated heterocycles. The number of rotatable bonds is 8. The SMILES string of the molecule is CC(C)COCCCNCC(N)=O. The predicted molar refractivity (Wildman–Crippen MR) is 52.3 cm³/mol. The molecule has 0 heterocycles. The van der Waals surface area contributed by atoms with E-state index in [0.717, 1.165) is 26.2 Å². The molecule has 0 aromatic carbocycles. The molecule has 0 atom stereocenters. The number of amides is 1. The van der Waals surface area contributed by atoms with Crippen molar-refractivity contribution in [1.82, 2.24) is 5.32 Å². The Balaban J connectivity index is 2.96.